The Hall–Kier alpha value is -4.12. The molecule has 4 aromatic rings. The van der Waals surface area contributed by atoms with Crippen LogP contribution in [0, 0.1) is 0 Å². The van der Waals surface area contributed by atoms with Gasteiger partial charge in [0, 0.05) is 25.4 Å². The summed E-state index contributed by atoms with van der Waals surface area (Å²) in [4.78, 5) is 29.2. The molecule has 196 valence electrons. The van der Waals surface area contributed by atoms with Crippen molar-refractivity contribution < 1.29 is 14.3 Å². The zero-order chi connectivity index (χ0) is 26.9. The van der Waals surface area contributed by atoms with Gasteiger partial charge in [0.05, 0.1) is 7.11 Å². The maximum atomic E-state index is 13.9. The normalized spacial score (nSPS) is 11.8. The molecule has 0 unspecified atom stereocenters. The van der Waals surface area contributed by atoms with Crippen LogP contribution in [-0.4, -0.2) is 35.9 Å². The minimum absolute atomic E-state index is 0.0368. The van der Waals surface area contributed by atoms with Gasteiger partial charge in [0.25, 0.3) is 0 Å². The van der Waals surface area contributed by atoms with Gasteiger partial charge in [0.1, 0.15) is 11.8 Å². The first-order valence-electron chi connectivity index (χ1n) is 13.2. The fourth-order valence-corrected chi connectivity index (χ4v) is 4.80. The van der Waals surface area contributed by atoms with Gasteiger partial charge in [-0.2, -0.15) is 0 Å². The predicted octanol–water partition coefficient (Wildman–Crippen LogP) is 5.95. The highest BCUT2D eigenvalue weighted by Crippen LogP contribution is 2.22. The van der Waals surface area contributed by atoms with E-state index in [0.29, 0.717) is 25.8 Å². The highest BCUT2D eigenvalue weighted by atomic mass is 16.5. The maximum absolute atomic E-state index is 13.9. The van der Waals surface area contributed by atoms with Gasteiger partial charge in [-0.1, -0.05) is 84.9 Å². The van der Waals surface area contributed by atoms with Crippen molar-refractivity contribution in [1.29, 1.82) is 0 Å². The van der Waals surface area contributed by atoms with Crippen molar-refractivity contribution in [2.75, 3.05) is 7.11 Å². The van der Waals surface area contributed by atoms with Crippen LogP contribution in [0.4, 0.5) is 0 Å². The molecule has 0 heterocycles. The summed E-state index contributed by atoms with van der Waals surface area (Å²) in [5.41, 5.74) is 3.05. The first-order chi connectivity index (χ1) is 18.4. The van der Waals surface area contributed by atoms with Crippen LogP contribution in [0.5, 0.6) is 5.75 Å². The van der Waals surface area contributed by atoms with Gasteiger partial charge in [-0.25, -0.2) is 0 Å². The molecule has 0 fully saturated rings. The zero-order valence-corrected chi connectivity index (χ0v) is 22.4. The number of nitrogens with one attached hydrogen (secondary N) is 1. The molecular formula is C33H36N2O3. The Morgan fingerprint density at radius 2 is 1.53 bits per heavy atom. The second-order valence-corrected chi connectivity index (χ2v) is 9.88. The van der Waals surface area contributed by atoms with Crippen molar-refractivity contribution in [3.8, 4) is 5.75 Å². The quantitative estimate of drug-likeness (QED) is 0.273. The summed E-state index contributed by atoms with van der Waals surface area (Å²) in [6.45, 7) is 4.19. The molecule has 5 nitrogen and oxygen atoms in total. The highest BCUT2D eigenvalue weighted by Gasteiger charge is 2.30. The number of fused-ring (bicyclic) bond motifs is 1. The average molecular weight is 509 g/mol. The van der Waals surface area contributed by atoms with E-state index in [1.54, 1.807) is 12.0 Å². The lowest BCUT2D eigenvalue weighted by Gasteiger charge is -2.32. The van der Waals surface area contributed by atoms with Crippen molar-refractivity contribution in [2.45, 2.75) is 51.7 Å². The second-order valence-electron chi connectivity index (χ2n) is 9.88. The fraction of sp³-hybridized carbons (Fsp3) is 0.273. The molecule has 2 amide bonds. The average Bonchev–Trinajstić information content (AvgIpc) is 2.93. The summed E-state index contributed by atoms with van der Waals surface area (Å²) in [7, 11) is 1.63. The molecule has 0 radical (unpaired) electrons. The fourth-order valence-electron chi connectivity index (χ4n) is 4.80. The molecule has 38 heavy (non-hydrogen) atoms. The van der Waals surface area contributed by atoms with Crippen molar-refractivity contribution >= 4 is 22.6 Å². The van der Waals surface area contributed by atoms with Crippen LogP contribution in [0.25, 0.3) is 10.8 Å². The van der Waals surface area contributed by atoms with E-state index in [0.717, 1.165) is 33.2 Å². The molecule has 0 aliphatic heterocycles. The molecule has 0 aromatic heterocycles. The number of benzene rings is 4. The molecular weight excluding hydrogens is 472 g/mol. The molecule has 5 heteroatoms. The first-order valence-corrected chi connectivity index (χ1v) is 13.2. The molecule has 4 rings (SSSR count). The number of hydrogen-bond donors (Lipinski definition) is 1. The summed E-state index contributed by atoms with van der Waals surface area (Å²) in [5, 5.41) is 5.36. The molecule has 4 aromatic carbocycles. The van der Waals surface area contributed by atoms with E-state index in [4.69, 9.17) is 4.74 Å². The number of methoxy groups -OCH3 is 1. The lowest BCUT2D eigenvalue weighted by molar-refractivity contribution is -0.141. The number of carbonyl (C=O) groups is 2. The predicted molar refractivity (Wildman–Crippen MR) is 153 cm³/mol. The largest absolute Gasteiger partial charge is 0.497 e. The third-order valence-electron chi connectivity index (χ3n) is 6.68. The number of nitrogens with zero attached hydrogens (tertiary/aromatic N) is 1. The van der Waals surface area contributed by atoms with E-state index in [-0.39, 0.29) is 17.9 Å². The number of amides is 2. The molecule has 0 aliphatic rings. The van der Waals surface area contributed by atoms with Crippen LogP contribution in [0.1, 0.15) is 37.0 Å². The van der Waals surface area contributed by atoms with Gasteiger partial charge >= 0.3 is 0 Å². The van der Waals surface area contributed by atoms with Crippen LogP contribution < -0.4 is 10.1 Å². The molecule has 1 atom stereocenters. The number of rotatable bonds is 11. The van der Waals surface area contributed by atoms with Gasteiger partial charge in [-0.15, -0.1) is 0 Å². The number of carbonyl (C=O) groups excluding carboxylic acids is 2. The minimum atomic E-state index is -0.647. The summed E-state index contributed by atoms with van der Waals surface area (Å²) in [6.07, 6.45) is 1.33. The highest BCUT2D eigenvalue weighted by molar-refractivity contribution is 5.89. The molecule has 0 saturated carbocycles. The van der Waals surface area contributed by atoms with Gasteiger partial charge in [0.15, 0.2) is 0 Å². The molecule has 0 aliphatic carbocycles. The van der Waals surface area contributed by atoms with Crippen LogP contribution in [0.2, 0.25) is 0 Å². The molecule has 0 saturated heterocycles. The minimum Gasteiger partial charge on any atom is -0.497 e. The topological polar surface area (TPSA) is 58.6 Å². The van der Waals surface area contributed by atoms with Crippen molar-refractivity contribution in [3.05, 3.63) is 114 Å². The van der Waals surface area contributed by atoms with E-state index in [1.165, 1.54) is 0 Å². The summed E-state index contributed by atoms with van der Waals surface area (Å²) < 4.78 is 5.42. The van der Waals surface area contributed by atoms with E-state index in [9.17, 15) is 9.59 Å². The molecule has 1 N–H and O–H groups in total. The molecule has 0 spiro atoms. The van der Waals surface area contributed by atoms with Crippen LogP contribution >= 0.6 is 0 Å². The Labute approximate surface area is 225 Å². The smallest absolute Gasteiger partial charge is 0.243 e. The zero-order valence-electron chi connectivity index (χ0n) is 22.4. The van der Waals surface area contributed by atoms with Crippen LogP contribution in [-0.2, 0) is 29.0 Å². The van der Waals surface area contributed by atoms with Gasteiger partial charge in [-0.05, 0) is 59.9 Å². The number of hydrogen-bond acceptors (Lipinski definition) is 3. The Morgan fingerprint density at radius 3 is 2.29 bits per heavy atom. The lowest BCUT2D eigenvalue weighted by atomic mass is 9.99. The van der Waals surface area contributed by atoms with E-state index < -0.39 is 6.04 Å². The monoisotopic (exact) mass is 508 g/mol. The Balaban J connectivity index is 1.65. The van der Waals surface area contributed by atoms with E-state index in [1.807, 2.05) is 86.6 Å². The lowest BCUT2D eigenvalue weighted by Crippen LogP contribution is -2.51. The third-order valence-corrected chi connectivity index (χ3v) is 6.68. The van der Waals surface area contributed by atoms with Gasteiger partial charge in [-0.3, -0.25) is 9.59 Å². The summed E-state index contributed by atoms with van der Waals surface area (Å²) in [5.74, 6) is 0.516. The van der Waals surface area contributed by atoms with Crippen LogP contribution in [0.15, 0.2) is 97.1 Å². The Bertz CT molecular complexity index is 1360. The number of aryl methyl sites for hydroxylation is 1. The number of ether oxygens (including phenoxy) is 1. The van der Waals surface area contributed by atoms with Gasteiger partial charge in [0.2, 0.25) is 11.8 Å². The van der Waals surface area contributed by atoms with E-state index in [2.05, 4.69) is 29.6 Å². The maximum Gasteiger partial charge on any atom is 0.243 e. The Kier molecular flexibility index (Phi) is 9.15. The third kappa shape index (κ3) is 7.00. The SMILES string of the molecule is COc1cccc(CN(C(=O)CCc2cccc3ccccc23)[C@@H](Cc2ccccc2)C(=O)NC(C)C)c1. The Morgan fingerprint density at radius 1 is 0.842 bits per heavy atom. The standard InChI is InChI=1S/C33H36N2O3/c1-24(2)34-33(37)31(22-25-11-5-4-6-12-25)35(23-26-13-9-17-29(21-26)38-3)32(36)20-19-28-16-10-15-27-14-7-8-18-30(27)28/h4-18,21,24,31H,19-20,22-23H2,1-3H3,(H,34,37)/t31-/m0/s1. The van der Waals surface area contributed by atoms with E-state index >= 15 is 0 Å². The second kappa shape index (κ2) is 12.9. The molecule has 0 bridgehead atoms. The summed E-state index contributed by atoms with van der Waals surface area (Å²) in [6, 6.07) is 31.3. The van der Waals surface area contributed by atoms with Crippen molar-refractivity contribution in [1.82, 2.24) is 10.2 Å². The van der Waals surface area contributed by atoms with Crippen LogP contribution in [0.3, 0.4) is 0 Å². The first kappa shape index (κ1) is 26.9. The van der Waals surface area contributed by atoms with Crippen molar-refractivity contribution in [3.63, 3.8) is 0 Å². The van der Waals surface area contributed by atoms with Gasteiger partial charge < -0.3 is 15.0 Å². The van der Waals surface area contributed by atoms with Crippen molar-refractivity contribution in [2.24, 2.45) is 0 Å². The summed E-state index contributed by atoms with van der Waals surface area (Å²) >= 11 is 0.